The fourth-order valence-corrected chi connectivity index (χ4v) is 3.90. The van der Waals surface area contributed by atoms with Crippen molar-refractivity contribution in [2.75, 3.05) is 20.6 Å². The maximum Gasteiger partial charge on any atom is 0.339 e. The quantitative estimate of drug-likeness (QED) is 0.607. The van der Waals surface area contributed by atoms with Crippen molar-refractivity contribution in [1.82, 2.24) is 4.90 Å². The molecule has 0 aliphatic carbocycles. The van der Waals surface area contributed by atoms with Crippen LogP contribution in [-0.2, 0) is 16.8 Å². The van der Waals surface area contributed by atoms with Gasteiger partial charge in [0.2, 0.25) is 0 Å². The molecule has 0 saturated heterocycles. The predicted octanol–water partition coefficient (Wildman–Crippen LogP) is 4.82. The molecule has 3 aromatic carbocycles. The second-order valence-electron chi connectivity index (χ2n) is 7.30. The zero-order valence-corrected chi connectivity index (χ0v) is 16.5. The third-order valence-electron chi connectivity index (χ3n) is 5.24. The molecule has 1 heterocycles. The van der Waals surface area contributed by atoms with E-state index in [1.165, 1.54) is 5.39 Å². The van der Waals surface area contributed by atoms with Crippen molar-refractivity contribution < 1.29 is 9.53 Å². The Morgan fingerprint density at radius 1 is 0.963 bits per heavy atom. The number of fused-ring (bicyclic) bond motifs is 2. The topological polar surface area (TPSA) is 29.5 Å². The highest BCUT2D eigenvalue weighted by atomic mass is 35.5. The van der Waals surface area contributed by atoms with Crippen molar-refractivity contribution >= 4 is 29.1 Å². The van der Waals surface area contributed by atoms with Crippen LogP contribution in [-0.4, -0.2) is 31.5 Å². The van der Waals surface area contributed by atoms with Crippen molar-refractivity contribution in [2.45, 2.75) is 18.4 Å². The molecule has 0 N–H and O–H groups in total. The molecule has 1 aliphatic heterocycles. The summed E-state index contributed by atoms with van der Waals surface area (Å²) in [6, 6.07) is 22.4. The van der Waals surface area contributed by atoms with Crippen LogP contribution in [0.1, 0.15) is 27.9 Å². The molecule has 0 bridgehead atoms. The lowest BCUT2D eigenvalue weighted by molar-refractivity contribution is -0.0347. The summed E-state index contributed by atoms with van der Waals surface area (Å²) in [5.74, 6) is -0.224. The van der Waals surface area contributed by atoms with E-state index in [-0.39, 0.29) is 18.4 Å². The van der Waals surface area contributed by atoms with Crippen LogP contribution in [0, 0.1) is 0 Å². The molecule has 0 aromatic heterocycles. The fraction of sp³-hybridized carbons (Fsp3) is 0.261. The summed E-state index contributed by atoms with van der Waals surface area (Å²) in [6.45, 7) is 0.846. The van der Waals surface area contributed by atoms with E-state index in [1.54, 1.807) is 0 Å². The van der Waals surface area contributed by atoms with Gasteiger partial charge in [-0.25, -0.2) is 4.79 Å². The first-order chi connectivity index (χ1) is 12.6. The normalized spacial score (nSPS) is 18.7. The molecule has 4 heteroatoms. The first kappa shape index (κ1) is 19.4. The van der Waals surface area contributed by atoms with Gasteiger partial charge < -0.3 is 9.64 Å². The molecular formula is C23H24ClNO2. The van der Waals surface area contributed by atoms with E-state index in [2.05, 4.69) is 49.3 Å². The van der Waals surface area contributed by atoms with Gasteiger partial charge in [0.05, 0.1) is 5.56 Å². The summed E-state index contributed by atoms with van der Waals surface area (Å²) in [5, 5.41) is 2.32. The number of ether oxygens (including phenoxy) is 1. The number of carbonyl (C=O) groups excluding carboxylic acids is 1. The Morgan fingerprint density at radius 2 is 1.67 bits per heavy atom. The molecule has 0 fully saturated rings. The Labute approximate surface area is 166 Å². The number of halogens is 1. The van der Waals surface area contributed by atoms with E-state index in [1.807, 2.05) is 36.4 Å². The zero-order chi connectivity index (χ0) is 18.1. The van der Waals surface area contributed by atoms with Gasteiger partial charge in [-0.1, -0.05) is 60.7 Å². The van der Waals surface area contributed by atoms with E-state index < -0.39 is 5.60 Å². The van der Waals surface area contributed by atoms with Gasteiger partial charge in [-0.15, -0.1) is 12.4 Å². The van der Waals surface area contributed by atoms with Crippen LogP contribution < -0.4 is 0 Å². The van der Waals surface area contributed by atoms with E-state index in [0.717, 1.165) is 29.5 Å². The molecule has 0 amide bonds. The number of nitrogens with zero attached hydrogens (tertiary/aromatic N) is 1. The Bertz CT molecular complexity index is 964. The van der Waals surface area contributed by atoms with Gasteiger partial charge in [0.25, 0.3) is 0 Å². The number of cyclic esters (lactones) is 1. The van der Waals surface area contributed by atoms with Crippen molar-refractivity contribution in [2.24, 2.45) is 0 Å². The third-order valence-corrected chi connectivity index (χ3v) is 5.24. The van der Waals surface area contributed by atoms with Crippen LogP contribution in [0.25, 0.3) is 10.8 Å². The van der Waals surface area contributed by atoms with Gasteiger partial charge >= 0.3 is 5.97 Å². The maximum atomic E-state index is 12.8. The highest BCUT2D eigenvalue weighted by molar-refractivity contribution is 5.94. The molecular weight excluding hydrogens is 358 g/mol. The number of esters is 1. The van der Waals surface area contributed by atoms with Crippen LogP contribution in [0.2, 0.25) is 0 Å². The van der Waals surface area contributed by atoms with Gasteiger partial charge in [-0.05, 0) is 36.5 Å². The molecule has 27 heavy (non-hydrogen) atoms. The van der Waals surface area contributed by atoms with Crippen molar-refractivity contribution in [3.05, 3.63) is 83.4 Å². The second kappa shape index (κ2) is 7.71. The smallest absolute Gasteiger partial charge is 0.339 e. The first-order valence-corrected chi connectivity index (χ1v) is 9.03. The number of rotatable bonds is 4. The van der Waals surface area contributed by atoms with Gasteiger partial charge in [0.1, 0.15) is 5.60 Å². The van der Waals surface area contributed by atoms with Gasteiger partial charge in [-0.2, -0.15) is 0 Å². The summed E-state index contributed by atoms with van der Waals surface area (Å²) in [5.41, 5.74) is 2.21. The molecule has 3 nitrogen and oxygen atoms in total. The lowest BCUT2D eigenvalue weighted by Crippen LogP contribution is -2.41. The SMILES string of the molecule is CN(C)CCC1(c2cccc3ccccc23)Cc2ccccc2C(=O)O1.Cl. The molecule has 140 valence electrons. The summed E-state index contributed by atoms with van der Waals surface area (Å²) < 4.78 is 6.18. The maximum absolute atomic E-state index is 12.8. The lowest BCUT2D eigenvalue weighted by Gasteiger charge is -2.39. The van der Waals surface area contributed by atoms with Crippen LogP contribution in [0.3, 0.4) is 0 Å². The Balaban J connectivity index is 0.00000210. The van der Waals surface area contributed by atoms with Gasteiger partial charge in [0.15, 0.2) is 0 Å². The lowest BCUT2D eigenvalue weighted by atomic mass is 9.79. The monoisotopic (exact) mass is 381 g/mol. The summed E-state index contributed by atoms with van der Waals surface area (Å²) in [4.78, 5) is 15.0. The fourth-order valence-electron chi connectivity index (χ4n) is 3.90. The average Bonchev–Trinajstić information content (AvgIpc) is 2.66. The Kier molecular flexibility index (Phi) is 5.54. The summed E-state index contributed by atoms with van der Waals surface area (Å²) >= 11 is 0. The van der Waals surface area contributed by atoms with E-state index in [9.17, 15) is 4.79 Å². The summed E-state index contributed by atoms with van der Waals surface area (Å²) in [7, 11) is 4.10. The van der Waals surface area contributed by atoms with Crippen molar-refractivity contribution in [3.63, 3.8) is 0 Å². The van der Waals surface area contributed by atoms with Gasteiger partial charge in [-0.3, -0.25) is 0 Å². The van der Waals surface area contributed by atoms with Crippen molar-refractivity contribution in [1.29, 1.82) is 0 Å². The average molecular weight is 382 g/mol. The number of hydrogen-bond acceptors (Lipinski definition) is 3. The predicted molar refractivity (Wildman–Crippen MR) is 112 cm³/mol. The largest absolute Gasteiger partial charge is 0.450 e. The Morgan fingerprint density at radius 3 is 2.48 bits per heavy atom. The molecule has 0 spiro atoms. The molecule has 1 unspecified atom stereocenters. The Hall–Kier alpha value is -2.36. The molecule has 1 atom stereocenters. The molecule has 4 rings (SSSR count). The molecule has 0 radical (unpaired) electrons. The number of benzene rings is 3. The number of hydrogen-bond donors (Lipinski definition) is 0. The minimum atomic E-state index is -0.642. The molecule has 0 saturated carbocycles. The van der Waals surface area contributed by atoms with Crippen LogP contribution in [0.4, 0.5) is 0 Å². The molecule has 3 aromatic rings. The van der Waals surface area contributed by atoms with E-state index in [0.29, 0.717) is 12.0 Å². The van der Waals surface area contributed by atoms with E-state index in [4.69, 9.17) is 4.74 Å². The van der Waals surface area contributed by atoms with Gasteiger partial charge in [0, 0.05) is 24.9 Å². The second-order valence-corrected chi connectivity index (χ2v) is 7.30. The first-order valence-electron chi connectivity index (χ1n) is 9.03. The highest BCUT2D eigenvalue weighted by Gasteiger charge is 2.42. The van der Waals surface area contributed by atoms with Crippen LogP contribution in [0.15, 0.2) is 66.7 Å². The van der Waals surface area contributed by atoms with Crippen molar-refractivity contribution in [3.8, 4) is 0 Å². The number of carbonyl (C=O) groups is 1. The molecule has 1 aliphatic rings. The highest BCUT2D eigenvalue weighted by Crippen LogP contribution is 2.42. The standard InChI is InChI=1S/C23H23NO2.ClH/c1-24(2)15-14-23(16-18-9-4-6-12-20(18)22(25)26-23)21-13-7-10-17-8-3-5-11-19(17)21;/h3-13H,14-16H2,1-2H3;1H. The zero-order valence-electron chi connectivity index (χ0n) is 15.6. The summed E-state index contributed by atoms with van der Waals surface area (Å²) in [6.07, 6.45) is 1.46. The van der Waals surface area contributed by atoms with Crippen LogP contribution in [0.5, 0.6) is 0 Å². The van der Waals surface area contributed by atoms with Crippen LogP contribution >= 0.6 is 12.4 Å². The van der Waals surface area contributed by atoms with E-state index >= 15 is 0 Å². The minimum Gasteiger partial charge on any atom is -0.450 e. The third kappa shape index (κ3) is 3.58. The minimum absolute atomic E-state index is 0.